The van der Waals surface area contributed by atoms with Gasteiger partial charge in [0.1, 0.15) is 5.92 Å². The second kappa shape index (κ2) is 19.9. The van der Waals surface area contributed by atoms with Gasteiger partial charge in [-0.2, -0.15) is 0 Å². The fourth-order valence-corrected chi connectivity index (χ4v) is 4.07. The van der Waals surface area contributed by atoms with Crippen LogP contribution in [0.1, 0.15) is 103 Å². The number of nitrogens with one attached hydrogen (secondary N) is 2. The summed E-state index contributed by atoms with van der Waals surface area (Å²) in [6.45, 7) is 3.23. The Morgan fingerprint density at radius 3 is 1.23 bits per heavy atom. The predicted molar refractivity (Wildman–Crippen MR) is 145 cm³/mol. The Bertz CT molecular complexity index is 512. The standard InChI is InChI=1S/C27H56N4O4/c1-6-7-8-9-10-11-12-13-14-15-16-17-18-19-20-25(26(32)28-21-23-30(2,3)34)27(33)29-22-24-31(4,5)35/h25H,6-24H2,1-5H3,(H,28,32)(H,29,33). The zero-order chi connectivity index (χ0) is 26.6. The lowest BCUT2D eigenvalue weighted by molar-refractivity contribution is -0.838. The molecule has 0 bridgehead atoms. The minimum Gasteiger partial charge on any atom is -0.633 e. The fraction of sp³-hybridized carbons (Fsp3) is 0.926. The maximum Gasteiger partial charge on any atom is 0.232 e. The lowest BCUT2D eigenvalue weighted by Gasteiger charge is -2.34. The van der Waals surface area contributed by atoms with Crippen LogP contribution in [0.5, 0.6) is 0 Å². The number of carbonyl (C=O) groups excluding carboxylic acids is 2. The van der Waals surface area contributed by atoms with Crippen LogP contribution in [-0.4, -0.2) is 75.5 Å². The van der Waals surface area contributed by atoms with Gasteiger partial charge in [0, 0.05) is 0 Å². The van der Waals surface area contributed by atoms with Crippen molar-refractivity contribution in [2.75, 3.05) is 54.4 Å². The largest absolute Gasteiger partial charge is 0.633 e. The smallest absolute Gasteiger partial charge is 0.232 e. The van der Waals surface area contributed by atoms with E-state index < -0.39 is 15.2 Å². The minimum absolute atomic E-state index is 0.238. The quantitative estimate of drug-likeness (QED) is 0.0905. The van der Waals surface area contributed by atoms with E-state index in [-0.39, 0.29) is 38.0 Å². The minimum atomic E-state index is -0.781. The first-order valence-electron chi connectivity index (χ1n) is 14.1. The van der Waals surface area contributed by atoms with Crippen molar-refractivity contribution >= 4 is 11.8 Å². The first kappa shape index (κ1) is 33.8. The third kappa shape index (κ3) is 23.0. The van der Waals surface area contributed by atoms with Gasteiger partial charge in [-0.05, 0) is 6.42 Å². The summed E-state index contributed by atoms with van der Waals surface area (Å²) in [5.41, 5.74) is 0. The van der Waals surface area contributed by atoms with Gasteiger partial charge in [-0.25, -0.2) is 0 Å². The van der Waals surface area contributed by atoms with E-state index >= 15 is 0 Å². The highest BCUT2D eigenvalue weighted by Crippen LogP contribution is 2.15. The van der Waals surface area contributed by atoms with E-state index in [1.165, 1.54) is 98.8 Å². The average Bonchev–Trinajstić information content (AvgIpc) is 2.74. The molecule has 2 N–H and O–H groups in total. The van der Waals surface area contributed by atoms with Crippen molar-refractivity contribution < 1.29 is 18.9 Å². The normalized spacial score (nSPS) is 12.2. The molecule has 8 nitrogen and oxygen atoms in total. The highest BCUT2D eigenvalue weighted by Gasteiger charge is 2.26. The predicted octanol–water partition coefficient (Wildman–Crippen LogP) is 4.85. The van der Waals surface area contributed by atoms with E-state index in [1.807, 2.05) is 0 Å². The maximum atomic E-state index is 12.6. The SMILES string of the molecule is CCCCCCCCCCCCCCCCC(C(=O)NCC[N+](C)(C)[O-])C(=O)NCC[N+](C)(C)[O-]. The van der Waals surface area contributed by atoms with Gasteiger partial charge in [0.05, 0.1) is 54.4 Å². The van der Waals surface area contributed by atoms with Crippen LogP contribution >= 0.6 is 0 Å². The van der Waals surface area contributed by atoms with Crippen LogP contribution in [0, 0.1) is 16.3 Å². The molecule has 0 radical (unpaired) electrons. The summed E-state index contributed by atoms with van der Waals surface area (Å²) < 4.78 is -0.987. The van der Waals surface area contributed by atoms with Crippen LogP contribution in [0.15, 0.2) is 0 Å². The van der Waals surface area contributed by atoms with Crippen molar-refractivity contribution in [1.29, 1.82) is 0 Å². The molecule has 0 fully saturated rings. The fourth-order valence-electron chi connectivity index (χ4n) is 4.07. The summed E-state index contributed by atoms with van der Waals surface area (Å²) in [5, 5.41) is 28.9. The Hall–Kier alpha value is -1.22. The number of amides is 2. The van der Waals surface area contributed by atoms with Gasteiger partial charge in [-0.3, -0.25) is 9.59 Å². The molecule has 0 aliphatic rings. The number of quaternary nitrogens is 2. The summed E-state index contributed by atoms with van der Waals surface area (Å²) in [6, 6.07) is 0. The average molecular weight is 501 g/mol. The summed E-state index contributed by atoms with van der Waals surface area (Å²) in [6.07, 6.45) is 18.1. The second-order valence-electron chi connectivity index (χ2n) is 11.1. The van der Waals surface area contributed by atoms with Crippen LogP contribution in [-0.2, 0) is 9.59 Å². The number of hydrogen-bond donors (Lipinski definition) is 2. The van der Waals surface area contributed by atoms with Crippen LogP contribution in [0.2, 0.25) is 0 Å². The molecule has 208 valence electrons. The third-order valence-corrected chi connectivity index (χ3v) is 6.38. The third-order valence-electron chi connectivity index (χ3n) is 6.38. The zero-order valence-electron chi connectivity index (χ0n) is 23.5. The van der Waals surface area contributed by atoms with Crippen molar-refractivity contribution in [3.63, 3.8) is 0 Å². The molecule has 0 aromatic heterocycles. The van der Waals surface area contributed by atoms with Gasteiger partial charge >= 0.3 is 0 Å². The number of hydrogen-bond acceptors (Lipinski definition) is 4. The molecule has 0 saturated heterocycles. The molecule has 0 aliphatic carbocycles. The molecule has 0 heterocycles. The number of likely N-dealkylation sites (N-methyl/N-ethyl adjacent to an activating group) is 2. The van der Waals surface area contributed by atoms with E-state index in [1.54, 1.807) is 0 Å². The molecule has 8 heteroatoms. The van der Waals surface area contributed by atoms with Crippen LogP contribution in [0.3, 0.4) is 0 Å². The molecular formula is C27H56N4O4. The van der Waals surface area contributed by atoms with Crippen LogP contribution in [0.4, 0.5) is 0 Å². The Kier molecular flexibility index (Phi) is 19.2. The number of hydroxylamine groups is 6. The molecule has 0 saturated carbocycles. The van der Waals surface area contributed by atoms with Crippen LogP contribution in [0.25, 0.3) is 0 Å². The van der Waals surface area contributed by atoms with Gasteiger partial charge in [0.2, 0.25) is 11.8 Å². The van der Waals surface area contributed by atoms with Gasteiger partial charge in [0.25, 0.3) is 0 Å². The lowest BCUT2D eigenvalue weighted by Crippen LogP contribution is -2.47. The number of rotatable bonds is 23. The van der Waals surface area contributed by atoms with Gasteiger partial charge in [0.15, 0.2) is 0 Å². The molecule has 0 atom stereocenters. The topological polar surface area (TPSA) is 104 Å². The molecule has 0 unspecified atom stereocenters. The number of carbonyl (C=O) groups is 2. The summed E-state index contributed by atoms with van der Waals surface area (Å²) in [7, 11) is 6.09. The molecule has 0 rings (SSSR count). The summed E-state index contributed by atoms with van der Waals surface area (Å²) in [4.78, 5) is 25.3. The van der Waals surface area contributed by atoms with E-state index in [4.69, 9.17) is 0 Å². The first-order chi connectivity index (χ1) is 16.5. The van der Waals surface area contributed by atoms with Gasteiger partial charge < -0.3 is 30.3 Å². The van der Waals surface area contributed by atoms with Crippen molar-refractivity contribution in [1.82, 2.24) is 10.6 Å². The molecule has 2 amide bonds. The van der Waals surface area contributed by atoms with Crippen molar-refractivity contribution in [3.05, 3.63) is 10.4 Å². The molecule has 0 spiro atoms. The Morgan fingerprint density at radius 2 is 0.914 bits per heavy atom. The molecule has 0 aromatic carbocycles. The summed E-state index contributed by atoms with van der Waals surface area (Å²) in [5.74, 6) is -1.44. The van der Waals surface area contributed by atoms with E-state index in [2.05, 4.69) is 17.6 Å². The van der Waals surface area contributed by atoms with Crippen molar-refractivity contribution in [3.8, 4) is 0 Å². The lowest BCUT2D eigenvalue weighted by atomic mass is 9.98. The van der Waals surface area contributed by atoms with Crippen LogP contribution < -0.4 is 10.6 Å². The van der Waals surface area contributed by atoms with Gasteiger partial charge in [-0.1, -0.05) is 96.8 Å². The van der Waals surface area contributed by atoms with E-state index in [0.717, 1.165) is 19.3 Å². The molecule has 0 aromatic rings. The summed E-state index contributed by atoms with van der Waals surface area (Å²) >= 11 is 0. The van der Waals surface area contributed by atoms with Gasteiger partial charge in [-0.15, -0.1) is 0 Å². The Morgan fingerprint density at radius 1 is 0.600 bits per heavy atom. The Balaban J connectivity index is 4.16. The highest BCUT2D eigenvalue weighted by atomic mass is 16.5. The Labute approximate surface area is 215 Å². The maximum absolute atomic E-state index is 12.6. The monoisotopic (exact) mass is 500 g/mol. The highest BCUT2D eigenvalue weighted by molar-refractivity contribution is 6.00. The molecule has 0 aliphatic heterocycles. The first-order valence-corrected chi connectivity index (χ1v) is 14.1. The second-order valence-corrected chi connectivity index (χ2v) is 11.1. The van der Waals surface area contributed by atoms with Crippen molar-refractivity contribution in [2.24, 2.45) is 5.92 Å². The van der Waals surface area contributed by atoms with Crippen molar-refractivity contribution in [2.45, 2.75) is 103 Å². The molecule has 35 heavy (non-hydrogen) atoms. The number of nitrogens with zero attached hydrogens (tertiary/aromatic N) is 2. The van der Waals surface area contributed by atoms with E-state index in [9.17, 15) is 20.0 Å². The molecular weight excluding hydrogens is 444 g/mol. The number of unbranched alkanes of at least 4 members (excludes halogenated alkanes) is 13. The van der Waals surface area contributed by atoms with E-state index in [0.29, 0.717) is 6.42 Å². The zero-order valence-corrected chi connectivity index (χ0v) is 23.5.